The number of carbonyl (C=O) groups excluding carboxylic acids is 1. The van der Waals surface area contributed by atoms with Crippen LogP contribution in [0.4, 0.5) is 0 Å². The van der Waals surface area contributed by atoms with Gasteiger partial charge in [0.15, 0.2) is 0 Å². The summed E-state index contributed by atoms with van der Waals surface area (Å²) in [7, 11) is 0. The van der Waals surface area contributed by atoms with Gasteiger partial charge in [0, 0.05) is 13.0 Å². The van der Waals surface area contributed by atoms with Crippen LogP contribution in [0.3, 0.4) is 0 Å². The molecule has 1 amide bonds. The summed E-state index contributed by atoms with van der Waals surface area (Å²) < 4.78 is 5.13. The molecule has 1 unspecified atom stereocenters. The highest BCUT2D eigenvalue weighted by molar-refractivity contribution is 5.81. The summed E-state index contributed by atoms with van der Waals surface area (Å²) in [5.41, 5.74) is 0. The monoisotopic (exact) mass is 220 g/mol. The Kier molecular flexibility index (Phi) is 4.59. The van der Waals surface area contributed by atoms with E-state index in [9.17, 15) is 4.79 Å². The lowest BCUT2D eigenvalue weighted by molar-refractivity contribution is -0.124. The molecule has 1 heterocycles. The summed E-state index contributed by atoms with van der Waals surface area (Å²) >= 11 is 0. The molecule has 4 nitrogen and oxygen atoms in total. The van der Waals surface area contributed by atoms with Crippen molar-refractivity contribution >= 4 is 5.91 Å². The number of nitrogens with one attached hydrogen (secondary N) is 1. The van der Waals surface area contributed by atoms with E-state index in [1.165, 1.54) is 0 Å². The minimum atomic E-state index is -0.573. The van der Waals surface area contributed by atoms with Gasteiger partial charge in [0.25, 0.3) is 0 Å². The molecule has 0 aromatic carbocycles. The molecule has 16 heavy (non-hydrogen) atoms. The molecule has 0 aliphatic carbocycles. The Labute approximate surface area is 95.2 Å². The van der Waals surface area contributed by atoms with E-state index in [0.717, 1.165) is 5.76 Å². The van der Waals surface area contributed by atoms with Gasteiger partial charge in [-0.05, 0) is 18.1 Å². The van der Waals surface area contributed by atoms with E-state index in [0.29, 0.717) is 13.0 Å². The normalized spacial score (nSPS) is 12.1. The molecule has 0 aliphatic heterocycles. The second kappa shape index (κ2) is 5.96. The van der Waals surface area contributed by atoms with Gasteiger partial charge in [-0.25, -0.2) is 0 Å². The van der Waals surface area contributed by atoms with Gasteiger partial charge >= 0.3 is 0 Å². The maximum absolute atomic E-state index is 11.6. The molecule has 0 aliphatic rings. The van der Waals surface area contributed by atoms with E-state index < -0.39 is 5.92 Å². The summed E-state index contributed by atoms with van der Waals surface area (Å²) in [6, 6.07) is 5.68. The van der Waals surface area contributed by atoms with Crippen LogP contribution in [0.5, 0.6) is 0 Å². The smallest absolute Gasteiger partial charge is 0.237 e. The van der Waals surface area contributed by atoms with Crippen molar-refractivity contribution in [2.75, 3.05) is 6.54 Å². The average molecular weight is 220 g/mol. The first-order chi connectivity index (χ1) is 7.65. The molecule has 1 N–H and O–H groups in total. The van der Waals surface area contributed by atoms with Crippen LogP contribution in [0.15, 0.2) is 22.8 Å². The number of rotatable bonds is 5. The molecule has 0 saturated carbocycles. The molecule has 1 aromatic heterocycles. The molecule has 1 aromatic rings. The zero-order valence-electron chi connectivity index (χ0n) is 9.56. The molecule has 4 heteroatoms. The second-order valence-corrected chi connectivity index (χ2v) is 3.97. The molecule has 0 radical (unpaired) electrons. The number of amides is 1. The van der Waals surface area contributed by atoms with Crippen molar-refractivity contribution in [1.29, 1.82) is 5.26 Å². The molecular weight excluding hydrogens is 204 g/mol. The van der Waals surface area contributed by atoms with Crippen molar-refractivity contribution in [2.24, 2.45) is 11.8 Å². The predicted molar refractivity (Wildman–Crippen MR) is 59.4 cm³/mol. The number of hydrogen-bond acceptors (Lipinski definition) is 3. The Morgan fingerprint density at radius 2 is 2.38 bits per heavy atom. The van der Waals surface area contributed by atoms with Crippen LogP contribution < -0.4 is 5.32 Å². The van der Waals surface area contributed by atoms with Crippen molar-refractivity contribution in [3.05, 3.63) is 24.2 Å². The quantitative estimate of drug-likeness (QED) is 0.821. The minimum absolute atomic E-state index is 0.0358. The van der Waals surface area contributed by atoms with Gasteiger partial charge in [0.2, 0.25) is 5.91 Å². The van der Waals surface area contributed by atoms with Crippen molar-refractivity contribution in [3.8, 4) is 6.07 Å². The van der Waals surface area contributed by atoms with Crippen molar-refractivity contribution < 1.29 is 9.21 Å². The Bertz CT molecular complexity index is 363. The first-order valence-electron chi connectivity index (χ1n) is 5.35. The van der Waals surface area contributed by atoms with Gasteiger partial charge in [0.05, 0.1) is 12.3 Å². The third-order valence-electron chi connectivity index (χ3n) is 2.34. The van der Waals surface area contributed by atoms with E-state index in [2.05, 4.69) is 5.32 Å². The third-order valence-corrected chi connectivity index (χ3v) is 2.34. The van der Waals surface area contributed by atoms with E-state index in [1.54, 1.807) is 6.26 Å². The molecule has 0 saturated heterocycles. The largest absolute Gasteiger partial charge is 0.469 e. The summed E-state index contributed by atoms with van der Waals surface area (Å²) in [6.45, 7) is 4.22. The summed E-state index contributed by atoms with van der Waals surface area (Å²) in [5.74, 6) is 0.0904. The predicted octanol–water partition coefficient (Wildman–Crippen LogP) is 1.73. The number of hydrogen-bond donors (Lipinski definition) is 1. The Hall–Kier alpha value is -1.76. The topological polar surface area (TPSA) is 66.0 Å². The van der Waals surface area contributed by atoms with Crippen LogP contribution in [0, 0.1) is 23.2 Å². The van der Waals surface area contributed by atoms with Crippen molar-refractivity contribution in [1.82, 2.24) is 5.32 Å². The lowest BCUT2D eigenvalue weighted by Crippen LogP contribution is -2.33. The maximum atomic E-state index is 11.6. The zero-order valence-corrected chi connectivity index (χ0v) is 9.56. The Morgan fingerprint density at radius 1 is 1.62 bits per heavy atom. The lowest BCUT2D eigenvalue weighted by Gasteiger charge is -2.12. The van der Waals surface area contributed by atoms with Crippen LogP contribution in [-0.2, 0) is 11.2 Å². The van der Waals surface area contributed by atoms with Crippen molar-refractivity contribution in [2.45, 2.75) is 20.3 Å². The first-order valence-corrected chi connectivity index (χ1v) is 5.35. The van der Waals surface area contributed by atoms with Gasteiger partial charge in [0.1, 0.15) is 11.7 Å². The third kappa shape index (κ3) is 3.43. The van der Waals surface area contributed by atoms with Gasteiger partial charge in [-0.1, -0.05) is 13.8 Å². The number of nitriles is 1. The molecular formula is C12H16N2O2. The highest BCUT2D eigenvalue weighted by Crippen LogP contribution is 2.09. The van der Waals surface area contributed by atoms with Crippen LogP contribution in [-0.4, -0.2) is 12.5 Å². The fourth-order valence-electron chi connectivity index (χ4n) is 1.38. The van der Waals surface area contributed by atoms with Crippen molar-refractivity contribution in [3.63, 3.8) is 0 Å². The van der Waals surface area contributed by atoms with Gasteiger partial charge in [-0.3, -0.25) is 4.79 Å². The SMILES string of the molecule is CC(C)C(C#N)C(=O)NCCc1ccco1. The van der Waals surface area contributed by atoms with Crippen LogP contribution in [0.1, 0.15) is 19.6 Å². The molecule has 1 rings (SSSR count). The van der Waals surface area contributed by atoms with Gasteiger partial charge in [-0.2, -0.15) is 5.26 Å². The summed E-state index contributed by atoms with van der Waals surface area (Å²) in [6.07, 6.45) is 2.25. The van der Waals surface area contributed by atoms with E-state index in [-0.39, 0.29) is 11.8 Å². The second-order valence-electron chi connectivity index (χ2n) is 3.97. The summed E-state index contributed by atoms with van der Waals surface area (Å²) in [4.78, 5) is 11.6. The number of nitrogens with zero attached hydrogens (tertiary/aromatic N) is 1. The Balaban J connectivity index is 2.33. The molecule has 0 fully saturated rings. The minimum Gasteiger partial charge on any atom is -0.469 e. The zero-order chi connectivity index (χ0) is 12.0. The standard InChI is InChI=1S/C12H16N2O2/c1-9(2)11(8-13)12(15)14-6-5-10-4-3-7-16-10/h3-4,7,9,11H,5-6H2,1-2H3,(H,14,15). The number of carbonyl (C=O) groups is 1. The lowest BCUT2D eigenvalue weighted by atomic mass is 9.97. The van der Waals surface area contributed by atoms with E-state index in [4.69, 9.17) is 9.68 Å². The van der Waals surface area contributed by atoms with Crippen LogP contribution in [0.25, 0.3) is 0 Å². The van der Waals surface area contributed by atoms with Crippen LogP contribution >= 0.6 is 0 Å². The summed E-state index contributed by atoms with van der Waals surface area (Å²) in [5, 5.41) is 11.6. The highest BCUT2D eigenvalue weighted by Gasteiger charge is 2.20. The average Bonchev–Trinajstić information content (AvgIpc) is 2.71. The Morgan fingerprint density at radius 3 is 2.88 bits per heavy atom. The van der Waals surface area contributed by atoms with E-state index in [1.807, 2.05) is 32.0 Å². The highest BCUT2D eigenvalue weighted by atomic mass is 16.3. The van der Waals surface area contributed by atoms with Gasteiger partial charge in [-0.15, -0.1) is 0 Å². The van der Waals surface area contributed by atoms with E-state index >= 15 is 0 Å². The molecule has 86 valence electrons. The fraction of sp³-hybridized carbons (Fsp3) is 0.500. The fourth-order valence-corrected chi connectivity index (χ4v) is 1.38. The van der Waals surface area contributed by atoms with Crippen LogP contribution in [0.2, 0.25) is 0 Å². The molecule has 1 atom stereocenters. The maximum Gasteiger partial charge on any atom is 0.237 e. The number of furan rings is 1. The van der Waals surface area contributed by atoms with Gasteiger partial charge < -0.3 is 9.73 Å². The molecule has 0 spiro atoms. The first kappa shape index (κ1) is 12.3. The molecule has 0 bridgehead atoms.